The molecule has 2 aromatic heterocycles. The first kappa shape index (κ1) is 31.4. The van der Waals surface area contributed by atoms with Crippen LogP contribution in [0.3, 0.4) is 0 Å². The van der Waals surface area contributed by atoms with Crippen molar-refractivity contribution in [2.45, 2.75) is 42.9 Å². The number of halogens is 5. The van der Waals surface area contributed by atoms with Gasteiger partial charge in [-0.2, -0.15) is 18.3 Å². The van der Waals surface area contributed by atoms with Crippen LogP contribution in [0.4, 0.5) is 17.6 Å². The van der Waals surface area contributed by atoms with Gasteiger partial charge in [0.15, 0.2) is 0 Å². The number of primary amides is 1. The number of hydrogen-bond donors (Lipinski definition) is 3. The SMILES string of the molecule is COc1cc(C(=O)NC[C@](O)(c2cc3c(c(-c4ccc(F)c(Cl)c4)n2)OC[C@]3(C)C(N)=O)C(F)(F)F)cc2cc(C3CC3)nnc12. The van der Waals surface area contributed by atoms with Gasteiger partial charge in [-0.25, -0.2) is 9.37 Å². The summed E-state index contributed by atoms with van der Waals surface area (Å²) in [5.74, 6) is -2.31. The van der Waals surface area contributed by atoms with Crippen LogP contribution in [0.1, 0.15) is 53.0 Å². The molecule has 0 saturated heterocycles. The Morgan fingerprint density at radius 2 is 1.91 bits per heavy atom. The molecule has 0 bridgehead atoms. The van der Waals surface area contributed by atoms with Gasteiger partial charge in [0.2, 0.25) is 11.5 Å². The van der Waals surface area contributed by atoms with Gasteiger partial charge in [-0.15, -0.1) is 5.10 Å². The van der Waals surface area contributed by atoms with E-state index in [4.69, 9.17) is 26.8 Å². The third kappa shape index (κ3) is 5.24. The van der Waals surface area contributed by atoms with Crippen LogP contribution in [0.2, 0.25) is 5.02 Å². The summed E-state index contributed by atoms with van der Waals surface area (Å²) in [6.07, 6.45) is -3.49. The molecule has 2 aromatic carbocycles. The lowest BCUT2D eigenvalue weighted by molar-refractivity contribution is -0.265. The molecular formula is C31H26ClF4N5O5. The monoisotopic (exact) mass is 659 g/mol. The third-order valence-corrected chi connectivity index (χ3v) is 8.65. The molecule has 15 heteroatoms. The molecule has 2 aliphatic rings. The summed E-state index contributed by atoms with van der Waals surface area (Å²) in [5.41, 5.74) is 0.0175. The minimum Gasteiger partial charge on any atom is -0.494 e. The second kappa shape index (κ2) is 11.1. The van der Waals surface area contributed by atoms with Crippen LogP contribution in [-0.2, 0) is 15.8 Å². The van der Waals surface area contributed by atoms with E-state index in [1.807, 2.05) is 0 Å². The van der Waals surface area contributed by atoms with Crippen molar-refractivity contribution in [3.63, 3.8) is 0 Å². The Labute approximate surface area is 263 Å². The molecule has 10 nitrogen and oxygen atoms in total. The standard InChI is InChI=1S/C31H26ClF4N5O5/c1-29(28(37)43)13-46-26-18(29)11-23(39-25(26)15-5-6-20(33)19(32)8-15)30(44,31(34,35)36)12-38-27(42)17-7-16-9-21(14-3-4-14)40-41-24(16)22(10-17)45-2/h5-11,14,44H,3-4,12-13H2,1-2H3,(H2,37,43)(H,38,42)/t29-,30-/m0/s1. The molecule has 4 N–H and O–H groups in total. The lowest BCUT2D eigenvalue weighted by atomic mass is 9.81. The number of alkyl halides is 3. The number of pyridine rings is 1. The number of carbonyl (C=O) groups is 2. The highest BCUT2D eigenvalue weighted by Crippen LogP contribution is 2.48. The first-order chi connectivity index (χ1) is 21.7. The summed E-state index contributed by atoms with van der Waals surface area (Å²) >= 11 is 5.94. The highest BCUT2D eigenvalue weighted by Gasteiger charge is 2.57. The van der Waals surface area contributed by atoms with Crippen molar-refractivity contribution in [1.82, 2.24) is 20.5 Å². The molecule has 0 spiro atoms. The molecule has 1 saturated carbocycles. The molecule has 2 atom stereocenters. The van der Waals surface area contributed by atoms with Gasteiger partial charge >= 0.3 is 6.18 Å². The van der Waals surface area contributed by atoms with E-state index in [0.717, 1.165) is 36.7 Å². The molecule has 2 amide bonds. The van der Waals surface area contributed by atoms with Gasteiger partial charge in [0.25, 0.3) is 5.91 Å². The van der Waals surface area contributed by atoms with Crippen LogP contribution < -0.4 is 20.5 Å². The summed E-state index contributed by atoms with van der Waals surface area (Å²) < 4.78 is 69.3. The number of aliphatic hydroxyl groups is 1. The highest BCUT2D eigenvalue weighted by molar-refractivity contribution is 6.31. The quantitative estimate of drug-likeness (QED) is 0.231. The van der Waals surface area contributed by atoms with Crippen molar-refractivity contribution in [2.75, 3.05) is 20.3 Å². The Bertz CT molecular complexity index is 1920. The second-order valence-corrected chi connectivity index (χ2v) is 12.0. The second-order valence-electron chi connectivity index (χ2n) is 11.5. The topological polar surface area (TPSA) is 150 Å². The van der Waals surface area contributed by atoms with Crippen LogP contribution in [-0.4, -0.2) is 58.5 Å². The lowest BCUT2D eigenvalue weighted by Gasteiger charge is -2.31. The molecule has 1 aliphatic carbocycles. The summed E-state index contributed by atoms with van der Waals surface area (Å²) in [6, 6.07) is 8.67. The van der Waals surface area contributed by atoms with Crippen molar-refractivity contribution < 1.29 is 41.7 Å². The van der Waals surface area contributed by atoms with Gasteiger partial charge in [0.05, 0.1) is 30.1 Å². The Morgan fingerprint density at radius 3 is 2.54 bits per heavy atom. The molecule has 6 rings (SSSR count). The summed E-state index contributed by atoms with van der Waals surface area (Å²) in [6.45, 7) is -0.337. The van der Waals surface area contributed by atoms with Gasteiger partial charge < -0.3 is 25.6 Å². The fourth-order valence-corrected chi connectivity index (χ4v) is 5.47. The minimum atomic E-state index is -5.39. The number of benzene rings is 2. The van der Waals surface area contributed by atoms with Crippen molar-refractivity contribution in [3.05, 3.63) is 75.8 Å². The zero-order valence-electron chi connectivity index (χ0n) is 24.3. The number of amides is 2. The summed E-state index contributed by atoms with van der Waals surface area (Å²) in [7, 11) is 1.35. The fourth-order valence-electron chi connectivity index (χ4n) is 5.29. The number of hydrogen-bond acceptors (Lipinski definition) is 8. The number of methoxy groups -OCH3 is 1. The first-order valence-corrected chi connectivity index (χ1v) is 14.4. The third-order valence-electron chi connectivity index (χ3n) is 8.36. The predicted octanol–water partition coefficient (Wildman–Crippen LogP) is 4.69. The van der Waals surface area contributed by atoms with E-state index in [0.29, 0.717) is 10.9 Å². The average molecular weight is 660 g/mol. The van der Waals surface area contributed by atoms with Crippen LogP contribution in [0.5, 0.6) is 11.5 Å². The molecule has 240 valence electrons. The molecule has 0 unspecified atom stereocenters. The van der Waals surface area contributed by atoms with E-state index < -0.39 is 47.1 Å². The van der Waals surface area contributed by atoms with Crippen molar-refractivity contribution >= 4 is 34.3 Å². The first-order valence-electron chi connectivity index (χ1n) is 14.0. The normalized spacial score (nSPS) is 18.9. The molecule has 4 aromatic rings. The molecule has 46 heavy (non-hydrogen) atoms. The zero-order chi connectivity index (χ0) is 33.2. The van der Waals surface area contributed by atoms with Gasteiger partial charge in [-0.1, -0.05) is 11.6 Å². The van der Waals surface area contributed by atoms with Gasteiger partial charge in [0, 0.05) is 28.0 Å². The van der Waals surface area contributed by atoms with E-state index in [1.54, 1.807) is 6.07 Å². The van der Waals surface area contributed by atoms with E-state index >= 15 is 0 Å². The minimum absolute atomic E-state index is 0.0451. The Balaban J connectivity index is 1.41. The maximum atomic E-state index is 14.8. The molecule has 1 fully saturated rings. The number of rotatable bonds is 8. The number of nitrogens with two attached hydrogens (primary N) is 1. The Kier molecular flexibility index (Phi) is 7.55. The van der Waals surface area contributed by atoms with Crippen molar-refractivity contribution in [2.24, 2.45) is 5.73 Å². The van der Waals surface area contributed by atoms with E-state index in [-0.39, 0.29) is 51.4 Å². The smallest absolute Gasteiger partial charge is 0.424 e. The largest absolute Gasteiger partial charge is 0.494 e. The van der Waals surface area contributed by atoms with E-state index in [2.05, 4.69) is 20.5 Å². The molecule has 0 radical (unpaired) electrons. The number of carbonyl (C=O) groups excluding carboxylic acids is 2. The number of ether oxygens (including phenoxy) is 2. The fraction of sp³-hybridized carbons (Fsp3) is 0.323. The number of nitrogens with zero attached hydrogens (tertiary/aromatic N) is 3. The van der Waals surface area contributed by atoms with E-state index in [1.165, 1.54) is 32.2 Å². The van der Waals surface area contributed by atoms with Crippen LogP contribution in [0.25, 0.3) is 22.2 Å². The van der Waals surface area contributed by atoms with Crippen LogP contribution >= 0.6 is 11.6 Å². The lowest BCUT2D eigenvalue weighted by Crippen LogP contribution is -2.51. The van der Waals surface area contributed by atoms with Gasteiger partial charge in [0.1, 0.15) is 40.5 Å². The maximum absolute atomic E-state index is 14.8. The summed E-state index contributed by atoms with van der Waals surface area (Å²) in [4.78, 5) is 29.8. The van der Waals surface area contributed by atoms with E-state index in [9.17, 15) is 32.3 Å². The number of fused-ring (bicyclic) bond motifs is 2. The maximum Gasteiger partial charge on any atom is 0.424 e. The van der Waals surface area contributed by atoms with Gasteiger partial charge in [-0.3, -0.25) is 9.59 Å². The zero-order valence-corrected chi connectivity index (χ0v) is 25.1. The van der Waals surface area contributed by atoms with Crippen LogP contribution in [0.15, 0.2) is 42.5 Å². The van der Waals surface area contributed by atoms with Crippen molar-refractivity contribution in [3.8, 4) is 22.8 Å². The Morgan fingerprint density at radius 1 is 1.17 bits per heavy atom. The molecular weight excluding hydrogens is 634 g/mol. The highest BCUT2D eigenvalue weighted by atomic mass is 35.5. The Hall–Kier alpha value is -4.56. The van der Waals surface area contributed by atoms with Crippen LogP contribution in [0, 0.1) is 5.82 Å². The molecule has 3 heterocycles. The average Bonchev–Trinajstić information content (AvgIpc) is 3.82. The number of nitrogens with one attached hydrogen (secondary N) is 1. The molecule has 1 aliphatic heterocycles. The predicted molar refractivity (Wildman–Crippen MR) is 157 cm³/mol. The summed E-state index contributed by atoms with van der Waals surface area (Å²) in [5, 5.41) is 22.0. The van der Waals surface area contributed by atoms with Crippen molar-refractivity contribution in [1.29, 1.82) is 0 Å². The number of aromatic nitrogens is 3. The van der Waals surface area contributed by atoms with Gasteiger partial charge in [-0.05, 0) is 62.2 Å².